The number of ether oxygens (including phenoxy) is 1. The number of anilines is 1. The van der Waals surface area contributed by atoms with Gasteiger partial charge in [0.1, 0.15) is 0 Å². The number of amides is 1. The van der Waals surface area contributed by atoms with Gasteiger partial charge in [0.25, 0.3) is 5.91 Å². The van der Waals surface area contributed by atoms with Gasteiger partial charge in [-0.05, 0) is 24.6 Å². The van der Waals surface area contributed by atoms with Crippen LogP contribution in [0.1, 0.15) is 21.5 Å². The highest BCUT2D eigenvalue weighted by molar-refractivity contribution is 5.96. The Kier molecular flexibility index (Phi) is 5.95. The number of carbonyl (C=O) groups is 2. The average Bonchev–Trinajstić information content (AvgIpc) is 2.61. The van der Waals surface area contributed by atoms with Gasteiger partial charge in [-0.2, -0.15) is 0 Å². The van der Waals surface area contributed by atoms with E-state index in [9.17, 15) is 9.59 Å². The number of rotatable bonds is 6. The lowest BCUT2D eigenvalue weighted by Gasteiger charge is -2.17. The highest BCUT2D eigenvalue weighted by atomic mass is 16.5. The van der Waals surface area contributed by atoms with Crippen molar-refractivity contribution >= 4 is 17.6 Å². The molecule has 0 unspecified atom stereocenters. The first-order valence-electron chi connectivity index (χ1n) is 7.74. The van der Waals surface area contributed by atoms with Crippen molar-refractivity contribution in [3.63, 3.8) is 0 Å². The number of hydrogen-bond acceptors (Lipinski definition) is 4. The van der Waals surface area contributed by atoms with Crippen molar-refractivity contribution in [1.29, 1.82) is 0 Å². The molecule has 1 amide bonds. The normalized spacial score (nSPS) is 10.1. The summed E-state index contributed by atoms with van der Waals surface area (Å²) < 4.78 is 5.14. The van der Waals surface area contributed by atoms with Gasteiger partial charge in [-0.25, -0.2) is 4.79 Å². The molecule has 1 N–H and O–H groups in total. The van der Waals surface area contributed by atoms with E-state index in [0.29, 0.717) is 17.8 Å². The van der Waals surface area contributed by atoms with Crippen molar-refractivity contribution in [2.24, 2.45) is 0 Å². The Balaban J connectivity index is 1.90. The molecular weight excluding hydrogens is 304 g/mol. The van der Waals surface area contributed by atoms with E-state index in [1.54, 1.807) is 37.2 Å². The van der Waals surface area contributed by atoms with Crippen molar-refractivity contribution in [2.75, 3.05) is 26.0 Å². The number of nitrogens with zero attached hydrogens (tertiary/aromatic N) is 1. The largest absolute Gasteiger partial charge is 0.452 e. The van der Waals surface area contributed by atoms with Gasteiger partial charge in [-0.1, -0.05) is 42.0 Å². The molecule has 0 radical (unpaired) electrons. The van der Waals surface area contributed by atoms with Crippen molar-refractivity contribution in [2.45, 2.75) is 13.5 Å². The van der Waals surface area contributed by atoms with Crippen molar-refractivity contribution < 1.29 is 14.3 Å². The molecule has 0 spiro atoms. The fraction of sp³-hybridized carbons (Fsp3) is 0.263. The van der Waals surface area contributed by atoms with Gasteiger partial charge < -0.3 is 15.0 Å². The van der Waals surface area contributed by atoms with Gasteiger partial charge in [0.2, 0.25) is 0 Å². The summed E-state index contributed by atoms with van der Waals surface area (Å²) >= 11 is 0. The van der Waals surface area contributed by atoms with Crippen LogP contribution in [0, 0.1) is 6.92 Å². The van der Waals surface area contributed by atoms with Crippen LogP contribution in [0.3, 0.4) is 0 Å². The second-order valence-electron chi connectivity index (χ2n) is 5.61. The summed E-state index contributed by atoms with van der Waals surface area (Å²) in [5.74, 6) is -0.761. The second-order valence-corrected chi connectivity index (χ2v) is 5.61. The molecule has 5 heteroatoms. The van der Waals surface area contributed by atoms with E-state index in [4.69, 9.17) is 4.74 Å². The number of likely N-dealkylation sites (N-methyl/N-ethyl adjacent to an activating group) is 1. The molecule has 0 aromatic heterocycles. The molecule has 126 valence electrons. The van der Waals surface area contributed by atoms with Crippen LogP contribution in [0.4, 0.5) is 5.69 Å². The molecular formula is C19H22N2O3. The molecule has 0 saturated carbocycles. The lowest BCUT2D eigenvalue weighted by molar-refractivity contribution is -0.133. The van der Waals surface area contributed by atoms with Gasteiger partial charge >= 0.3 is 5.97 Å². The summed E-state index contributed by atoms with van der Waals surface area (Å²) in [4.78, 5) is 25.8. The molecule has 0 aliphatic carbocycles. The Morgan fingerprint density at radius 1 is 1.08 bits per heavy atom. The maximum absolute atomic E-state index is 12.1. The number of benzene rings is 2. The summed E-state index contributed by atoms with van der Waals surface area (Å²) in [6, 6.07) is 15.0. The minimum absolute atomic E-state index is 0.245. The van der Waals surface area contributed by atoms with Gasteiger partial charge in [0, 0.05) is 26.3 Å². The third-order valence-electron chi connectivity index (χ3n) is 3.71. The highest BCUT2D eigenvalue weighted by Crippen LogP contribution is 2.15. The highest BCUT2D eigenvalue weighted by Gasteiger charge is 2.15. The van der Waals surface area contributed by atoms with Crippen LogP contribution in [0.15, 0.2) is 48.5 Å². The molecule has 0 atom stereocenters. The predicted molar refractivity (Wildman–Crippen MR) is 93.9 cm³/mol. The topological polar surface area (TPSA) is 58.6 Å². The number of aryl methyl sites for hydroxylation is 1. The van der Waals surface area contributed by atoms with Crippen LogP contribution in [-0.2, 0) is 16.1 Å². The zero-order valence-electron chi connectivity index (χ0n) is 14.2. The summed E-state index contributed by atoms with van der Waals surface area (Å²) in [6.45, 7) is 2.21. The first-order chi connectivity index (χ1) is 11.5. The van der Waals surface area contributed by atoms with Crippen LogP contribution in [0.2, 0.25) is 0 Å². The monoisotopic (exact) mass is 326 g/mol. The first kappa shape index (κ1) is 17.5. The van der Waals surface area contributed by atoms with Crippen LogP contribution >= 0.6 is 0 Å². The number of hydrogen-bond donors (Lipinski definition) is 1. The quantitative estimate of drug-likeness (QED) is 0.829. The molecule has 0 saturated heterocycles. The first-order valence-corrected chi connectivity index (χ1v) is 7.74. The van der Waals surface area contributed by atoms with Gasteiger partial charge in [0.15, 0.2) is 6.61 Å². The zero-order valence-corrected chi connectivity index (χ0v) is 14.2. The molecule has 0 aliphatic rings. The van der Waals surface area contributed by atoms with Crippen molar-refractivity contribution in [3.05, 3.63) is 65.2 Å². The molecule has 0 heterocycles. The maximum Gasteiger partial charge on any atom is 0.340 e. The van der Waals surface area contributed by atoms with E-state index in [-0.39, 0.29) is 12.5 Å². The second kappa shape index (κ2) is 8.15. The van der Waals surface area contributed by atoms with E-state index >= 15 is 0 Å². The summed E-state index contributed by atoms with van der Waals surface area (Å²) in [5.41, 5.74) is 3.28. The Bertz CT molecular complexity index is 711. The Morgan fingerprint density at radius 3 is 2.42 bits per heavy atom. The van der Waals surface area contributed by atoms with E-state index in [1.807, 2.05) is 37.3 Å². The summed E-state index contributed by atoms with van der Waals surface area (Å²) in [7, 11) is 3.42. The van der Waals surface area contributed by atoms with Crippen molar-refractivity contribution in [3.8, 4) is 0 Å². The molecule has 0 aliphatic heterocycles. The number of para-hydroxylation sites is 1. The van der Waals surface area contributed by atoms with E-state index in [1.165, 1.54) is 5.56 Å². The standard InChI is InChI=1S/C19H22N2O3/c1-14-8-10-15(11-9-14)12-21(3)18(22)13-24-19(23)16-6-4-5-7-17(16)20-2/h4-11,20H,12-13H2,1-3H3. The van der Waals surface area contributed by atoms with Gasteiger partial charge in [-0.3, -0.25) is 4.79 Å². The van der Waals surface area contributed by atoms with Gasteiger partial charge in [0.05, 0.1) is 5.56 Å². The fourth-order valence-electron chi connectivity index (χ4n) is 2.25. The Labute approximate surface area is 142 Å². The lowest BCUT2D eigenvalue weighted by Crippen LogP contribution is -2.30. The van der Waals surface area contributed by atoms with Crippen LogP contribution in [-0.4, -0.2) is 37.5 Å². The molecule has 2 rings (SSSR count). The predicted octanol–water partition coefficient (Wildman–Crippen LogP) is 2.85. The average molecular weight is 326 g/mol. The molecule has 2 aromatic rings. The fourth-order valence-corrected chi connectivity index (χ4v) is 2.25. The minimum Gasteiger partial charge on any atom is -0.452 e. The number of carbonyl (C=O) groups excluding carboxylic acids is 2. The van der Waals surface area contributed by atoms with Crippen LogP contribution < -0.4 is 5.32 Å². The molecule has 0 bridgehead atoms. The smallest absolute Gasteiger partial charge is 0.340 e. The molecule has 0 fully saturated rings. The molecule has 5 nitrogen and oxygen atoms in total. The SMILES string of the molecule is CNc1ccccc1C(=O)OCC(=O)N(C)Cc1ccc(C)cc1. The Hall–Kier alpha value is -2.82. The van der Waals surface area contributed by atoms with E-state index in [0.717, 1.165) is 5.56 Å². The molecule has 2 aromatic carbocycles. The lowest BCUT2D eigenvalue weighted by atomic mass is 10.1. The van der Waals surface area contributed by atoms with E-state index < -0.39 is 5.97 Å². The van der Waals surface area contributed by atoms with E-state index in [2.05, 4.69) is 5.32 Å². The summed E-state index contributed by atoms with van der Waals surface area (Å²) in [5, 5.41) is 2.93. The Morgan fingerprint density at radius 2 is 1.75 bits per heavy atom. The van der Waals surface area contributed by atoms with Crippen molar-refractivity contribution in [1.82, 2.24) is 4.90 Å². The maximum atomic E-state index is 12.1. The van der Waals surface area contributed by atoms with Crippen LogP contribution in [0.5, 0.6) is 0 Å². The zero-order chi connectivity index (χ0) is 17.5. The number of nitrogens with one attached hydrogen (secondary N) is 1. The van der Waals surface area contributed by atoms with Gasteiger partial charge in [-0.15, -0.1) is 0 Å². The third kappa shape index (κ3) is 4.59. The summed E-state index contributed by atoms with van der Waals surface area (Å²) in [6.07, 6.45) is 0. The van der Waals surface area contributed by atoms with Crippen LogP contribution in [0.25, 0.3) is 0 Å². The minimum atomic E-state index is -0.517. The molecule has 24 heavy (non-hydrogen) atoms. The number of esters is 1. The third-order valence-corrected chi connectivity index (χ3v) is 3.71.